The molecule has 0 aliphatic rings. The maximum absolute atomic E-state index is 12.9. The molecule has 0 N–H and O–H groups in total. The smallest absolute Gasteiger partial charge is 0.318 e. The van der Waals surface area contributed by atoms with Crippen molar-refractivity contribution in [3.8, 4) is 11.4 Å². The summed E-state index contributed by atoms with van der Waals surface area (Å²) in [6.45, 7) is -0.119. The van der Waals surface area contributed by atoms with E-state index in [-0.39, 0.29) is 18.5 Å². The van der Waals surface area contributed by atoms with Gasteiger partial charge in [0.25, 0.3) is 5.89 Å². The third kappa shape index (κ3) is 4.36. The number of aromatic nitrogens is 2. The highest BCUT2D eigenvalue weighted by molar-refractivity contribution is 6.33. The van der Waals surface area contributed by atoms with Gasteiger partial charge in [0.15, 0.2) is 6.61 Å². The fraction of sp³-hybridized carbons (Fsp3) is 0.0870. The van der Waals surface area contributed by atoms with E-state index in [2.05, 4.69) is 10.1 Å². The van der Waals surface area contributed by atoms with Crippen molar-refractivity contribution < 1.29 is 14.1 Å². The summed E-state index contributed by atoms with van der Waals surface area (Å²) in [5.41, 5.74) is 2.36. The first kappa shape index (κ1) is 18.9. The summed E-state index contributed by atoms with van der Waals surface area (Å²) in [7, 11) is 0. The Labute approximate surface area is 172 Å². The van der Waals surface area contributed by atoms with Gasteiger partial charge in [-0.25, -0.2) is 0 Å². The molecule has 4 aromatic rings. The van der Waals surface area contributed by atoms with Crippen LogP contribution in [0.1, 0.15) is 22.9 Å². The molecule has 1 heterocycles. The molecule has 1 aromatic heterocycles. The van der Waals surface area contributed by atoms with Gasteiger partial charge in [0, 0.05) is 5.56 Å². The second kappa shape index (κ2) is 8.71. The van der Waals surface area contributed by atoms with Crippen molar-refractivity contribution >= 4 is 17.6 Å². The molecule has 0 amide bonds. The van der Waals surface area contributed by atoms with E-state index in [4.69, 9.17) is 20.9 Å². The summed E-state index contributed by atoms with van der Waals surface area (Å²) < 4.78 is 10.7. The highest BCUT2D eigenvalue weighted by Crippen LogP contribution is 2.27. The lowest BCUT2D eigenvalue weighted by Gasteiger charge is -2.16. The molecule has 144 valence electrons. The van der Waals surface area contributed by atoms with Gasteiger partial charge in [-0.15, -0.1) is 0 Å². The summed E-state index contributed by atoms with van der Waals surface area (Å²) in [5, 5.41) is 4.44. The third-order valence-electron chi connectivity index (χ3n) is 4.42. The number of benzene rings is 3. The molecule has 0 spiro atoms. The molecule has 3 aromatic carbocycles. The minimum Gasteiger partial charge on any atom is -0.455 e. The molecule has 0 aliphatic carbocycles. The zero-order chi connectivity index (χ0) is 20.1. The maximum Gasteiger partial charge on any atom is 0.318 e. The van der Waals surface area contributed by atoms with Gasteiger partial charge in [-0.2, -0.15) is 4.98 Å². The average molecular weight is 405 g/mol. The molecule has 0 aliphatic heterocycles. The van der Waals surface area contributed by atoms with Gasteiger partial charge in [-0.1, -0.05) is 89.6 Å². The molecule has 6 heteroatoms. The van der Waals surface area contributed by atoms with Crippen LogP contribution in [-0.2, 0) is 16.1 Å². The van der Waals surface area contributed by atoms with E-state index in [0.717, 1.165) is 11.1 Å². The summed E-state index contributed by atoms with van der Waals surface area (Å²) in [6, 6.07) is 26.2. The lowest BCUT2D eigenvalue weighted by atomic mass is 9.91. The maximum atomic E-state index is 12.9. The van der Waals surface area contributed by atoms with Crippen LogP contribution in [-0.4, -0.2) is 16.1 Å². The number of hydrogen-bond donors (Lipinski definition) is 0. The fourth-order valence-corrected chi connectivity index (χ4v) is 3.26. The third-order valence-corrected chi connectivity index (χ3v) is 4.75. The number of nitrogens with zero attached hydrogens (tertiary/aromatic N) is 2. The van der Waals surface area contributed by atoms with Crippen LogP contribution in [0.25, 0.3) is 11.4 Å². The SMILES string of the molecule is O=C(OCc1nc(-c2ccccc2Cl)no1)C(c1ccccc1)c1ccccc1. The minimum absolute atomic E-state index is 0.119. The molecule has 0 bridgehead atoms. The highest BCUT2D eigenvalue weighted by atomic mass is 35.5. The normalized spacial score (nSPS) is 10.8. The van der Waals surface area contributed by atoms with Crippen molar-refractivity contribution in [3.63, 3.8) is 0 Å². The van der Waals surface area contributed by atoms with Crippen molar-refractivity contribution in [2.45, 2.75) is 12.5 Å². The predicted octanol–water partition coefficient (Wildman–Crippen LogP) is 5.27. The molecule has 5 nitrogen and oxygen atoms in total. The molecule has 4 rings (SSSR count). The van der Waals surface area contributed by atoms with E-state index in [1.165, 1.54) is 0 Å². The quantitative estimate of drug-likeness (QED) is 0.410. The van der Waals surface area contributed by atoms with Crippen LogP contribution < -0.4 is 0 Å². The highest BCUT2D eigenvalue weighted by Gasteiger charge is 2.25. The van der Waals surface area contributed by atoms with Gasteiger partial charge >= 0.3 is 5.97 Å². The Morgan fingerprint density at radius 2 is 1.48 bits per heavy atom. The number of carbonyl (C=O) groups excluding carboxylic acids is 1. The Kier molecular flexibility index (Phi) is 5.68. The standard InChI is InChI=1S/C23H17ClN2O3/c24-19-14-8-7-13-18(19)22-25-20(29-26-22)15-28-23(27)21(16-9-3-1-4-10-16)17-11-5-2-6-12-17/h1-14,21H,15H2. The summed E-state index contributed by atoms with van der Waals surface area (Å²) in [6.07, 6.45) is 0. The minimum atomic E-state index is -0.539. The second-order valence-corrected chi connectivity index (χ2v) is 6.76. The van der Waals surface area contributed by atoms with Gasteiger partial charge in [0.1, 0.15) is 5.92 Å². The number of rotatable bonds is 6. The van der Waals surface area contributed by atoms with Crippen LogP contribution >= 0.6 is 11.6 Å². The summed E-state index contributed by atoms with van der Waals surface area (Å²) in [5.74, 6) is -0.374. The largest absolute Gasteiger partial charge is 0.455 e. The van der Waals surface area contributed by atoms with E-state index >= 15 is 0 Å². The van der Waals surface area contributed by atoms with Crippen LogP contribution in [0.15, 0.2) is 89.5 Å². The number of ether oxygens (including phenoxy) is 1. The first-order valence-electron chi connectivity index (χ1n) is 9.06. The van der Waals surface area contributed by atoms with Crippen LogP contribution in [0.5, 0.6) is 0 Å². The Hall–Kier alpha value is -3.44. The van der Waals surface area contributed by atoms with Crippen molar-refractivity contribution in [2.24, 2.45) is 0 Å². The first-order valence-corrected chi connectivity index (χ1v) is 9.44. The molecule has 0 fully saturated rings. The molecule has 29 heavy (non-hydrogen) atoms. The van der Waals surface area contributed by atoms with Gasteiger partial charge in [0.05, 0.1) is 5.02 Å². The zero-order valence-electron chi connectivity index (χ0n) is 15.4. The van der Waals surface area contributed by atoms with E-state index in [9.17, 15) is 4.79 Å². The van der Waals surface area contributed by atoms with Gasteiger partial charge in [0.2, 0.25) is 5.82 Å². The van der Waals surface area contributed by atoms with Crippen molar-refractivity contribution in [1.82, 2.24) is 10.1 Å². The molecule has 0 unspecified atom stereocenters. The van der Waals surface area contributed by atoms with Gasteiger partial charge in [-0.3, -0.25) is 4.79 Å². The number of esters is 1. The second-order valence-electron chi connectivity index (χ2n) is 6.35. The summed E-state index contributed by atoms with van der Waals surface area (Å²) in [4.78, 5) is 17.2. The molecule has 0 radical (unpaired) electrons. The predicted molar refractivity (Wildman–Crippen MR) is 109 cm³/mol. The Bertz CT molecular complexity index is 1060. The zero-order valence-corrected chi connectivity index (χ0v) is 16.1. The Morgan fingerprint density at radius 3 is 2.10 bits per heavy atom. The Balaban J connectivity index is 1.51. The molecule has 0 saturated carbocycles. The van der Waals surface area contributed by atoms with E-state index in [1.807, 2.05) is 72.8 Å². The number of halogens is 1. The van der Waals surface area contributed by atoms with Crippen molar-refractivity contribution in [1.29, 1.82) is 0 Å². The average Bonchev–Trinajstić information content (AvgIpc) is 3.23. The van der Waals surface area contributed by atoms with Crippen molar-refractivity contribution in [3.05, 3.63) is 107 Å². The van der Waals surface area contributed by atoms with Gasteiger partial charge < -0.3 is 9.26 Å². The van der Waals surface area contributed by atoms with Crippen LogP contribution in [0, 0.1) is 0 Å². The first-order chi connectivity index (χ1) is 14.2. The monoisotopic (exact) mass is 404 g/mol. The molecular weight excluding hydrogens is 388 g/mol. The molecule has 0 saturated heterocycles. The van der Waals surface area contributed by atoms with Crippen molar-refractivity contribution in [2.75, 3.05) is 0 Å². The van der Waals surface area contributed by atoms with Gasteiger partial charge in [-0.05, 0) is 23.3 Å². The van der Waals surface area contributed by atoms with Crippen LogP contribution in [0.4, 0.5) is 0 Å². The number of carbonyl (C=O) groups is 1. The topological polar surface area (TPSA) is 65.2 Å². The molecular formula is C23H17ClN2O3. The van der Waals surface area contributed by atoms with E-state index < -0.39 is 5.92 Å². The molecule has 0 atom stereocenters. The fourth-order valence-electron chi connectivity index (χ4n) is 3.04. The van der Waals surface area contributed by atoms with E-state index in [1.54, 1.807) is 12.1 Å². The van der Waals surface area contributed by atoms with Crippen LogP contribution in [0.3, 0.4) is 0 Å². The lowest BCUT2D eigenvalue weighted by molar-refractivity contribution is -0.146. The Morgan fingerprint density at radius 1 is 0.897 bits per heavy atom. The number of hydrogen-bond acceptors (Lipinski definition) is 5. The van der Waals surface area contributed by atoms with E-state index in [0.29, 0.717) is 16.4 Å². The summed E-state index contributed by atoms with van der Waals surface area (Å²) >= 11 is 6.17. The lowest BCUT2D eigenvalue weighted by Crippen LogP contribution is -2.17. The van der Waals surface area contributed by atoms with Crippen LogP contribution in [0.2, 0.25) is 5.02 Å².